The average Bonchev–Trinajstić information content (AvgIpc) is 2.93. The highest BCUT2D eigenvalue weighted by atomic mass is 15.1. The van der Waals surface area contributed by atoms with Crippen molar-refractivity contribution in [1.82, 2.24) is 15.2 Å². The van der Waals surface area contributed by atoms with E-state index in [1.165, 1.54) is 44.3 Å². The van der Waals surface area contributed by atoms with Crippen molar-refractivity contribution in [2.24, 2.45) is 5.41 Å². The second-order valence-corrected chi connectivity index (χ2v) is 6.33. The highest BCUT2D eigenvalue weighted by molar-refractivity contribution is 5.09. The summed E-state index contributed by atoms with van der Waals surface area (Å²) in [6.45, 7) is 6.84. The summed E-state index contributed by atoms with van der Waals surface area (Å²) in [5.74, 6) is 0. The molecule has 0 atom stereocenters. The molecule has 1 aliphatic carbocycles. The van der Waals surface area contributed by atoms with Crippen LogP contribution in [0, 0.1) is 5.41 Å². The van der Waals surface area contributed by atoms with Gasteiger partial charge in [-0.25, -0.2) is 0 Å². The standard InChI is InChI=1S/C17H29N3/c1-3-18-14-17(9-4-5-10-17)15-20(2)13-8-16-6-11-19-12-7-16/h6-7,11-12,18H,3-5,8-10,13-15H2,1-2H3. The summed E-state index contributed by atoms with van der Waals surface area (Å²) in [6.07, 6.45) is 10.5. The van der Waals surface area contributed by atoms with Crippen LogP contribution >= 0.6 is 0 Å². The molecule has 0 saturated heterocycles. The smallest absolute Gasteiger partial charge is 0.0270 e. The molecule has 1 aliphatic rings. The predicted octanol–water partition coefficient (Wildman–Crippen LogP) is 2.73. The van der Waals surface area contributed by atoms with Gasteiger partial charge in [0.25, 0.3) is 0 Å². The zero-order valence-corrected chi connectivity index (χ0v) is 13.1. The molecule has 0 bridgehead atoms. The highest BCUT2D eigenvalue weighted by Gasteiger charge is 2.34. The van der Waals surface area contributed by atoms with Crippen molar-refractivity contribution in [2.75, 3.05) is 33.2 Å². The lowest BCUT2D eigenvalue weighted by Gasteiger charge is -2.34. The maximum Gasteiger partial charge on any atom is 0.0270 e. The molecule has 3 heteroatoms. The third-order valence-electron chi connectivity index (χ3n) is 4.55. The van der Waals surface area contributed by atoms with Gasteiger partial charge in [0.05, 0.1) is 0 Å². The second kappa shape index (κ2) is 7.75. The van der Waals surface area contributed by atoms with E-state index in [1.54, 1.807) is 0 Å². The minimum atomic E-state index is 0.517. The van der Waals surface area contributed by atoms with Crippen LogP contribution < -0.4 is 5.32 Å². The summed E-state index contributed by atoms with van der Waals surface area (Å²) < 4.78 is 0. The van der Waals surface area contributed by atoms with Crippen LogP contribution in [0.2, 0.25) is 0 Å². The Hall–Kier alpha value is -0.930. The summed E-state index contributed by atoms with van der Waals surface area (Å²) in [4.78, 5) is 6.60. The molecule has 1 aromatic heterocycles. The molecule has 2 rings (SSSR count). The Kier molecular flexibility index (Phi) is 5.99. The van der Waals surface area contributed by atoms with Gasteiger partial charge in [-0.15, -0.1) is 0 Å². The van der Waals surface area contributed by atoms with Crippen molar-refractivity contribution in [1.29, 1.82) is 0 Å². The van der Waals surface area contributed by atoms with E-state index < -0.39 is 0 Å². The van der Waals surface area contributed by atoms with E-state index in [0.717, 1.165) is 19.5 Å². The van der Waals surface area contributed by atoms with Gasteiger partial charge in [0.2, 0.25) is 0 Å². The average molecular weight is 275 g/mol. The van der Waals surface area contributed by atoms with Gasteiger partial charge in [0.1, 0.15) is 0 Å². The maximum atomic E-state index is 4.08. The van der Waals surface area contributed by atoms with E-state index in [0.29, 0.717) is 5.41 Å². The Bertz CT molecular complexity index is 371. The number of nitrogens with zero attached hydrogens (tertiary/aromatic N) is 2. The number of rotatable bonds is 8. The van der Waals surface area contributed by atoms with E-state index >= 15 is 0 Å². The second-order valence-electron chi connectivity index (χ2n) is 6.33. The fraction of sp³-hybridized carbons (Fsp3) is 0.706. The molecule has 20 heavy (non-hydrogen) atoms. The summed E-state index contributed by atoms with van der Waals surface area (Å²) >= 11 is 0. The van der Waals surface area contributed by atoms with Crippen LogP contribution in [0.5, 0.6) is 0 Å². The zero-order valence-electron chi connectivity index (χ0n) is 13.1. The maximum absolute atomic E-state index is 4.08. The molecule has 1 N–H and O–H groups in total. The molecule has 0 unspecified atom stereocenters. The van der Waals surface area contributed by atoms with Gasteiger partial charge in [-0.2, -0.15) is 0 Å². The summed E-state index contributed by atoms with van der Waals surface area (Å²) in [5.41, 5.74) is 1.90. The highest BCUT2D eigenvalue weighted by Crippen LogP contribution is 2.38. The zero-order chi connectivity index (χ0) is 14.3. The van der Waals surface area contributed by atoms with Gasteiger partial charge in [0.15, 0.2) is 0 Å². The molecule has 1 heterocycles. The lowest BCUT2D eigenvalue weighted by Crippen LogP contribution is -2.41. The van der Waals surface area contributed by atoms with Gasteiger partial charge in [0, 0.05) is 32.0 Å². The molecule has 3 nitrogen and oxygen atoms in total. The fourth-order valence-electron chi connectivity index (χ4n) is 3.43. The van der Waals surface area contributed by atoms with Crippen molar-refractivity contribution in [3.63, 3.8) is 0 Å². The van der Waals surface area contributed by atoms with Crippen LogP contribution in [0.4, 0.5) is 0 Å². The number of hydrogen-bond acceptors (Lipinski definition) is 3. The molecule has 1 saturated carbocycles. The van der Waals surface area contributed by atoms with Crippen LogP contribution in [0.15, 0.2) is 24.5 Å². The molecule has 0 aliphatic heterocycles. The first-order valence-corrected chi connectivity index (χ1v) is 8.02. The summed E-state index contributed by atoms with van der Waals surface area (Å²) in [6, 6.07) is 4.25. The largest absolute Gasteiger partial charge is 0.316 e. The molecule has 1 fully saturated rings. The van der Waals surface area contributed by atoms with E-state index in [4.69, 9.17) is 0 Å². The van der Waals surface area contributed by atoms with Crippen molar-refractivity contribution >= 4 is 0 Å². The number of nitrogens with one attached hydrogen (secondary N) is 1. The lowest BCUT2D eigenvalue weighted by molar-refractivity contribution is 0.174. The molecular formula is C17H29N3. The third-order valence-corrected chi connectivity index (χ3v) is 4.55. The Balaban J connectivity index is 1.81. The van der Waals surface area contributed by atoms with E-state index in [2.05, 4.69) is 41.3 Å². The predicted molar refractivity (Wildman–Crippen MR) is 84.9 cm³/mol. The number of hydrogen-bond donors (Lipinski definition) is 1. The monoisotopic (exact) mass is 275 g/mol. The molecule has 1 aromatic rings. The molecule has 0 radical (unpaired) electrons. The third kappa shape index (κ3) is 4.57. The van der Waals surface area contributed by atoms with Gasteiger partial charge >= 0.3 is 0 Å². The van der Waals surface area contributed by atoms with Crippen molar-refractivity contribution in [3.8, 4) is 0 Å². The molecule has 112 valence electrons. The SMILES string of the molecule is CCNCC1(CN(C)CCc2ccncc2)CCCC1. The van der Waals surface area contributed by atoms with Crippen LogP contribution in [0.25, 0.3) is 0 Å². The van der Waals surface area contributed by atoms with Crippen molar-refractivity contribution in [3.05, 3.63) is 30.1 Å². The first kappa shape index (κ1) is 15.5. The van der Waals surface area contributed by atoms with Crippen molar-refractivity contribution in [2.45, 2.75) is 39.0 Å². The summed E-state index contributed by atoms with van der Waals surface area (Å²) in [7, 11) is 2.27. The quantitative estimate of drug-likeness (QED) is 0.790. The van der Waals surface area contributed by atoms with E-state index in [9.17, 15) is 0 Å². The number of pyridine rings is 1. The minimum Gasteiger partial charge on any atom is -0.316 e. The van der Waals surface area contributed by atoms with Gasteiger partial charge in [-0.1, -0.05) is 19.8 Å². The number of aromatic nitrogens is 1. The van der Waals surface area contributed by atoms with Gasteiger partial charge in [-0.3, -0.25) is 4.98 Å². The Morgan fingerprint density at radius 2 is 1.95 bits per heavy atom. The normalized spacial score (nSPS) is 17.8. The van der Waals surface area contributed by atoms with Crippen LogP contribution in [-0.4, -0.2) is 43.1 Å². The fourth-order valence-corrected chi connectivity index (χ4v) is 3.43. The molecule has 0 aromatic carbocycles. The lowest BCUT2D eigenvalue weighted by atomic mass is 9.85. The van der Waals surface area contributed by atoms with Gasteiger partial charge in [-0.05, 0) is 56.0 Å². The summed E-state index contributed by atoms with van der Waals surface area (Å²) in [5, 5.41) is 3.58. The Labute approximate surface area is 123 Å². The first-order valence-electron chi connectivity index (χ1n) is 8.02. The van der Waals surface area contributed by atoms with E-state index in [1.807, 2.05) is 12.4 Å². The number of likely N-dealkylation sites (N-methyl/N-ethyl adjacent to an activating group) is 1. The van der Waals surface area contributed by atoms with Crippen molar-refractivity contribution < 1.29 is 0 Å². The first-order chi connectivity index (χ1) is 9.74. The van der Waals surface area contributed by atoms with Crippen LogP contribution in [0.1, 0.15) is 38.2 Å². The van der Waals surface area contributed by atoms with Crippen LogP contribution in [-0.2, 0) is 6.42 Å². The van der Waals surface area contributed by atoms with Gasteiger partial charge < -0.3 is 10.2 Å². The van der Waals surface area contributed by atoms with E-state index in [-0.39, 0.29) is 0 Å². The molecular weight excluding hydrogens is 246 g/mol. The Morgan fingerprint density at radius 3 is 2.60 bits per heavy atom. The molecule has 0 amide bonds. The Morgan fingerprint density at radius 1 is 1.25 bits per heavy atom. The van der Waals surface area contributed by atoms with Crippen LogP contribution in [0.3, 0.4) is 0 Å². The topological polar surface area (TPSA) is 28.2 Å². The minimum absolute atomic E-state index is 0.517. The molecule has 0 spiro atoms.